The lowest BCUT2D eigenvalue weighted by Crippen LogP contribution is -2.48. The van der Waals surface area contributed by atoms with Gasteiger partial charge in [0, 0.05) is 57.5 Å². The fraction of sp³-hybridized carbons (Fsp3) is 0.679. The molecule has 3 rings (SSSR count). The maximum absolute atomic E-state index is 13.1. The van der Waals surface area contributed by atoms with Gasteiger partial charge in [-0.3, -0.25) is 14.4 Å². The molecule has 35 heavy (non-hydrogen) atoms. The molecule has 2 aliphatic rings. The Morgan fingerprint density at radius 1 is 0.914 bits per heavy atom. The van der Waals surface area contributed by atoms with Gasteiger partial charge in [-0.25, -0.2) is 0 Å². The monoisotopic (exact) mass is 484 g/mol. The Hall–Kier alpha value is -2.41. The molecule has 194 valence electrons. The topological polar surface area (TPSA) is 73.0 Å². The lowest BCUT2D eigenvalue weighted by atomic mass is 9.90. The summed E-state index contributed by atoms with van der Waals surface area (Å²) >= 11 is 0. The van der Waals surface area contributed by atoms with E-state index < -0.39 is 0 Å². The van der Waals surface area contributed by atoms with Crippen LogP contribution in [0.25, 0.3) is 0 Å². The summed E-state index contributed by atoms with van der Waals surface area (Å²) in [6.45, 7) is 8.51. The molecule has 2 aliphatic heterocycles. The highest BCUT2D eigenvalue weighted by molar-refractivity contribution is 5.82. The molecule has 2 heterocycles. The minimum absolute atomic E-state index is 0.00891. The molecule has 0 unspecified atom stereocenters. The fourth-order valence-electron chi connectivity index (χ4n) is 5.43. The lowest BCUT2D eigenvalue weighted by Gasteiger charge is -2.37. The van der Waals surface area contributed by atoms with Crippen molar-refractivity contribution in [2.24, 2.45) is 17.3 Å². The number of carbonyl (C=O) groups excluding carboxylic acids is 3. The second-order valence-electron chi connectivity index (χ2n) is 11.4. The van der Waals surface area contributed by atoms with E-state index in [2.05, 4.69) is 36.2 Å². The van der Waals surface area contributed by atoms with Crippen LogP contribution in [0.1, 0.15) is 51.5 Å². The molecule has 7 heteroatoms. The summed E-state index contributed by atoms with van der Waals surface area (Å²) in [4.78, 5) is 44.4. The van der Waals surface area contributed by atoms with Gasteiger partial charge in [-0.1, -0.05) is 44.2 Å². The third-order valence-electron chi connectivity index (χ3n) is 7.33. The average molecular weight is 485 g/mol. The molecule has 7 nitrogen and oxygen atoms in total. The average Bonchev–Trinajstić information content (AvgIpc) is 2.85. The molecule has 1 aromatic rings. The number of carbonyl (C=O) groups is 3. The smallest absolute Gasteiger partial charge is 0.225 e. The second kappa shape index (κ2) is 12.5. The SMILES string of the molecule is CN(C)CC(C)(C)CNC(=O)C1CCN(C(=O)C2CCN(C(=O)CCc3ccccc3)CC2)CC1. The number of aryl methyl sites for hydroxylation is 1. The number of benzene rings is 1. The van der Waals surface area contributed by atoms with Crippen LogP contribution < -0.4 is 5.32 Å². The standard InChI is InChI=1S/C28H44N4O3/c1-28(2,21-30(3)4)20-29-26(34)23-12-18-32(19-13-23)27(35)24-14-16-31(17-15-24)25(33)11-10-22-8-6-5-7-9-22/h5-9,23-24H,10-21H2,1-4H3,(H,29,34). The largest absolute Gasteiger partial charge is 0.355 e. The molecule has 0 spiro atoms. The molecule has 0 saturated carbocycles. The van der Waals surface area contributed by atoms with Crippen molar-refractivity contribution in [3.05, 3.63) is 35.9 Å². The predicted octanol–water partition coefficient (Wildman–Crippen LogP) is 2.80. The van der Waals surface area contributed by atoms with Gasteiger partial charge in [0.2, 0.25) is 17.7 Å². The van der Waals surface area contributed by atoms with Gasteiger partial charge < -0.3 is 20.0 Å². The summed E-state index contributed by atoms with van der Waals surface area (Å²) in [6.07, 6.45) is 4.19. The molecule has 1 aromatic carbocycles. The van der Waals surface area contributed by atoms with E-state index in [0.29, 0.717) is 39.1 Å². The Bertz CT molecular complexity index is 839. The number of hydrogen-bond acceptors (Lipinski definition) is 4. The highest BCUT2D eigenvalue weighted by atomic mass is 16.2. The first-order chi connectivity index (χ1) is 16.6. The van der Waals surface area contributed by atoms with Gasteiger partial charge in [-0.15, -0.1) is 0 Å². The van der Waals surface area contributed by atoms with Gasteiger partial charge >= 0.3 is 0 Å². The van der Waals surface area contributed by atoms with Crippen LogP contribution in [0, 0.1) is 17.3 Å². The number of nitrogens with one attached hydrogen (secondary N) is 1. The van der Waals surface area contributed by atoms with Crippen molar-refractivity contribution >= 4 is 17.7 Å². The number of nitrogens with zero attached hydrogens (tertiary/aromatic N) is 3. The first-order valence-electron chi connectivity index (χ1n) is 13.2. The number of likely N-dealkylation sites (tertiary alicyclic amines) is 2. The van der Waals surface area contributed by atoms with Gasteiger partial charge in [-0.2, -0.15) is 0 Å². The third-order valence-corrected chi connectivity index (χ3v) is 7.33. The highest BCUT2D eigenvalue weighted by Gasteiger charge is 2.33. The van der Waals surface area contributed by atoms with Crippen molar-refractivity contribution in [3.63, 3.8) is 0 Å². The van der Waals surface area contributed by atoms with Crippen LogP contribution in [-0.4, -0.2) is 85.8 Å². The molecule has 2 saturated heterocycles. The molecular formula is C28H44N4O3. The highest BCUT2D eigenvalue weighted by Crippen LogP contribution is 2.25. The van der Waals surface area contributed by atoms with Gasteiger partial charge in [0.15, 0.2) is 0 Å². The van der Waals surface area contributed by atoms with Crippen molar-refractivity contribution in [2.75, 3.05) is 53.4 Å². The van der Waals surface area contributed by atoms with Crippen molar-refractivity contribution in [2.45, 2.75) is 52.4 Å². The van der Waals surface area contributed by atoms with E-state index in [1.807, 2.05) is 42.1 Å². The molecule has 0 atom stereocenters. The summed E-state index contributed by atoms with van der Waals surface area (Å²) in [6, 6.07) is 10.1. The van der Waals surface area contributed by atoms with Crippen LogP contribution in [0.3, 0.4) is 0 Å². The number of piperidine rings is 2. The van der Waals surface area contributed by atoms with Gasteiger partial charge in [-0.05, 0) is 57.2 Å². The summed E-state index contributed by atoms with van der Waals surface area (Å²) < 4.78 is 0. The zero-order valence-corrected chi connectivity index (χ0v) is 22.1. The zero-order chi connectivity index (χ0) is 25.4. The van der Waals surface area contributed by atoms with E-state index in [1.54, 1.807) is 0 Å². The van der Waals surface area contributed by atoms with E-state index in [1.165, 1.54) is 5.56 Å². The number of hydrogen-bond donors (Lipinski definition) is 1. The van der Waals surface area contributed by atoms with Crippen LogP contribution in [0.2, 0.25) is 0 Å². The molecule has 0 radical (unpaired) electrons. The molecule has 1 N–H and O–H groups in total. The molecule has 3 amide bonds. The Kier molecular flexibility index (Phi) is 9.72. The van der Waals surface area contributed by atoms with Crippen LogP contribution in [0.5, 0.6) is 0 Å². The van der Waals surface area contributed by atoms with Crippen molar-refractivity contribution in [1.29, 1.82) is 0 Å². The zero-order valence-electron chi connectivity index (χ0n) is 22.1. The van der Waals surface area contributed by atoms with Crippen LogP contribution in [0.15, 0.2) is 30.3 Å². The van der Waals surface area contributed by atoms with E-state index in [9.17, 15) is 14.4 Å². The van der Waals surface area contributed by atoms with Crippen molar-refractivity contribution in [1.82, 2.24) is 20.0 Å². The second-order valence-corrected chi connectivity index (χ2v) is 11.4. The number of amides is 3. The molecule has 2 fully saturated rings. The van der Waals surface area contributed by atoms with Crippen LogP contribution >= 0.6 is 0 Å². The first kappa shape index (κ1) is 27.2. The minimum atomic E-state index is -0.0155. The normalized spacial score (nSPS) is 18.1. The van der Waals surface area contributed by atoms with E-state index >= 15 is 0 Å². The quantitative estimate of drug-likeness (QED) is 0.585. The maximum Gasteiger partial charge on any atom is 0.225 e. The van der Waals surface area contributed by atoms with E-state index in [-0.39, 0.29) is 35.0 Å². The molecule has 0 aromatic heterocycles. The van der Waals surface area contributed by atoms with Gasteiger partial charge in [0.25, 0.3) is 0 Å². The Morgan fingerprint density at radius 3 is 2.09 bits per heavy atom. The summed E-state index contributed by atoms with van der Waals surface area (Å²) in [5.74, 6) is 0.475. The lowest BCUT2D eigenvalue weighted by molar-refractivity contribution is -0.142. The van der Waals surface area contributed by atoms with Crippen molar-refractivity contribution in [3.8, 4) is 0 Å². The van der Waals surface area contributed by atoms with Gasteiger partial charge in [0.05, 0.1) is 0 Å². The van der Waals surface area contributed by atoms with Crippen LogP contribution in [0.4, 0.5) is 0 Å². The third kappa shape index (κ3) is 8.34. The Labute approximate surface area is 211 Å². The minimum Gasteiger partial charge on any atom is -0.355 e. The Morgan fingerprint density at radius 2 is 1.49 bits per heavy atom. The van der Waals surface area contributed by atoms with E-state index in [0.717, 1.165) is 38.6 Å². The molecular weight excluding hydrogens is 440 g/mol. The summed E-state index contributed by atoms with van der Waals surface area (Å²) in [5.41, 5.74) is 1.20. The Balaban J connectivity index is 1.36. The van der Waals surface area contributed by atoms with Crippen molar-refractivity contribution < 1.29 is 14.4 Å². The fourth-order valence-corrected chi connectivity index (χ4v) is 5.43. The first-order valence-corrected chi connectivity index (χ1v) is 13.2. The summed E-state index contributed by atoms with van der Waals surface area (Å²) in [5, 5.41) is 3.14. The number of rotatable bonds is 9. The molecule has 0 bridgehead atoms. The van der Waals surface area contributed by atoms with E-state index in [4.69, 9.17) is 0 Å². The maximum atomic E-state index is 13.1. The molecule has 0 aliphatic carbocycles. The van der Waals surface area contributed by atoms with Crippen LogP contribution in [-0.2, 0) is 20.8 Å². The summed E-state index contributed by atoms with van der Waals surface area (Å²) in [7, 11) is 4.09. The predicted molar refractivity (Wildman–Crippen MR) is 139 cm³/mol. The van der Waals surface area contributed by atoms with Gasteiger partial charge in [0.1, 0.15) is 0 Å².